The number of nitrogens with zero attached hydrogens (tertiary/aromatic N) is 1. The van der Waals surface area contributed by atoms with E-state index in [0.29, 0.717) is 24.9 Å². The summed E-state index contributed by atoms with van der Waals surface area (Å²) in [6.07, 6.45) is 5.82. The third-order valence-corrected chi connectivity index (χ3v) is 7.17. The zero-order valence-corrected chi connectivity index (χ0v) is 18.1. The van der Waals surface area contributed by atoms with Crippen molar-refractivity contribution in [1.82, 2.24) is 16.0 Å². The van der Waals surface area contributed by atoms with Gasteiger partial charge in [0.2, 0.25) is 5.91 Å². The van der Waals surface area contributed by atoms with E-state index in [2.05, 4.69) is 28.1 Å². The molecule has 4 aliphatic rings. The lowest BCUT2D eigenvalue weighted by Gasteiger charge is -2.42. The van der Waals surface area contributed by atoms with E-state index in [-0.39, 0.29) is 17.9 Å². The number of hydrogen-bond donors (Lipinski definition) is 3. The van der Waals surface area contributed by atoms with Crippen molar-refractivity contribution in [1.29, 1.82) is 5.26 Å². The van der Waals surface area contributed by atoms with Crippen molar-refractivity contribution in [3.8, 4) is 17.2 Å². The average molecular weight is 429 g/mol. The Morgan fingerprint density at radius 1 is 1.09 bits per heavy atom. The summed E-state index contributed by atoms with van der Waals surface area (Å²) in [5, 5.41) is 18.9. The van der Waals surface area contributed by atoms with Crippen LogP contribution < -0.4 is 16.0 Å². The normalized spacial score (nSPS) is 24.7. The Morgan fingerprint density at radius 2 is 1.84 bits per heavy atom. The lowest BCUT2D eigenvalue weighted by atomic mass is 9.76. The van der Waals surface area contributed by atoms with Crippen LogP contribution >= 0.6 is 0 Å². The zero-order valence-electron chi connectivity index (χ0n) is 18.1. The molecule has 0 aromatic heterocycles. The van der Waals surface area contributed by atoms with Crippen LogP contribution in [-0.2, 0) is 17.6 Å². The van der Waals surface area contributed by atoms with Crippen LogP contribution in [-0.4, -0.2) is 36.5 Å². The molecule has 6 nitrogen and oxygen atoms in total. The molecule has 6 rings (SSSR count). The Kier molecular flexibility index (Phi) is 5.67. The third-order valence-electron chi connectivity index (χ3n) is 7.17. The fourth-order valence-electron chi connectivity index (χ4n) is 5.37. The SMILES string of the molecule is N#C[C@H](Cc1ccc(-c2ccc3c(c2)CCNC3=O)cc1)NC(=O)[C@H]1NC2CCC1CC2. The highest BCUT2D eigenvalue weighted by atomic mass is 16.2. The summed E-state index contributed by atoms with van der Waals surface area (Å²) in [7, 11) is 0. The molecule has 3 aliphatic heterocycles. The molecule has 1 aliphatic carbocycles. The predicted octanol–water partition coefficient (Wildman–Crippen LogP) is 2.72. The Bertz CT molecular complexity index is 1060. The van der Waals surface area contributed by atoms with Crippen LogP contribution in [0.3, 0.4) is 0 Å². The molecule has 2 atom stereocenters. The van der Waals surface area contributed by atoms with Crippen molar-refractivity contribution in [3.05, 3.63) is 59.2 Å². The number of rotatable bonds is 5. The van der Waals surface area contributed by atoms with Crippen LogP contribution in [0.4, 0.5) is 0 Å². The number of carbonyl (C=O) groups is 2. The van der Waals surface area contributed by atoms with E-state index in [4.69, 9.17) is 0 Å². The highest BCUT2D eigenvalue weighted by Crippen LogP contribution is 2.33. The van der Waals surface area contributed by atoms with Crippen LogP contribution in [0, 0.1) is 17.2 Å². The standard InChI is InChI=1S/C26H28N4O2/c27-15-22(30-26(32)24-18-5-8-21(29-24)9-6-18)13-16-1-3-17(4-2-16)19-7-10-23-20(14-19)11-12-28-25(23)31/h1-4,7,10,14,18,21-22,24,29H,5-6,8-9,11-13H2,(H,28,31)(H,30,32)/t18?,21?,22-,24-/m0/s1. The topological polar surface area (TPSA) is 94.0 Å². The van der Waals surface area contributed by atoms with Crippen LogP contribution in [0.5, 0.6) is 0 Å². The van der Waals surface area contributed by atoms with Gasteiger partial charge >= 0.3 is 0 Å². The smallest absolute Gasteiger partial charge is 0.251 e. The average Bonchev–Trinajstić information content (AvgIpc) is 2.84. The van der Waals surface area contributed by atoms with E-state index >= 15 is 0 Å². The number of piperidine rings is 2. The summed E-state index contributed by atoms with van der Waals surface area (Å²) in [4.78, 5) is 24.7. The van der Waals surface area contributed by atoms with Crippen molar-refractivity contribution < 1.29 is 9.59 Å². The molecule has 0 unspecified atom stereocenters. The van der Waals surface area contributed by atoms with Gasteiger partial charge in [-0.1, -0.05) is 36.4 Å². The molecule has 164 valence electrons. The first-order valence-corrected chi connectivity index (χ1v) is 11.6. The molecule has 2 bridgehead atoms. The Hall–Kier alpha value is -3.17. The molecule has 3 N–H and O–H groups in total. The second kappa shape index (κ2) is 8.76. The molecule has 2 aromatic rings. The summed E-state index contributed by atoms with van der Waals surface area (Å²) in [5.41, 5.74) is 4.99. The fraction of sp³-hybridized carbons (Fsp3) is 0.423. The highest BCUT2D eigenvalue weighted by Gasteiger charge is 2.39. The number of carbonyl (C=O) groups excluding carboxylic acids is 2. The van der Waals surface area contributed by atoms with Crippen molar-refractivity contribution in [2.24, 2.45) is 5.92 Å². The van der Waals surface area contributed by atoms with Gasteiger partial charge in [0.1, 0.15) is 6.04 Å². The predicted molar refractivity (Wildman–Crippen MR) is 122 cm³/mol. The molecule has 32 heavy (non-hydrogen) atoms. The first kappa shape index (κ1) is 20.7. The van der Waals surface area contributed by atoms with Gasteiger partial charge in [-0.15, -0.1) is 0 Å². The van der Waals surface area contributed by atoms with E-state index in [0.717, 1.165) is 59.9 Å². The Morgan fingerprint density at radius 3 is 2.53 bits per heavy atom. The van der Waals surface area contributed by atoms with Gasteiger partial charge in [-0.25, -0.2) is 0 Å². The van der Waals surface area contributed by atoms with Gasteiger partial charge in [0, 0.05) is 24.6 Å². The molecule has 0 radical (unpaired) electrons. The maximum atomic E-state index is 12.8. The first-order chi connectivity index (χ1) is 15.6. The van der Waals surface area contributed by atoms with Crippen molar-refractivity contribution >= 4 is 11.8 Å². The molecule has 3 fully saturated rings. The van der Waals surface area contributed by atoms with Gasteiger partial charge in [0.25, 0.3) is 5.91 Å². The van der Waals surface area contributed by atoms with Gasteiger partial charge in [0.15, 0.2) is 0 Å². The summed E-state index contributed by atoms with van der Waals surface area (Å²) < 4.78 is 0. The van der Waals surface area contributed by atoms with Gasteiger partial charge in [-0.05, 0) is 66.3 Å². The Labute approximate surface area is 188 Å². The molecule has 2 amide bonds. The zero-order chi connectivity index (χ0) is 22.1. The van der Waals surface area contributed by atoms with Crippen molar-refractivity contribution in [3.63, 3.8) is 0 Å². The fourth-order valence-corrected chi connectivity index (χ4v) is 5.37. The second-order valence-electron chi connectivity index (χ2n) is 9.23. The minimum absolute atomic E-state index is 0.00556. The van der Waals surface area contributed by atoms with E-state index in [9.17, 15) is 14.9 Å². The van der Waals surface area contributed by atoms with E-state index in [1.165, 1.54) is 0 Å². The maximum Gasteiger partial charge on any atom is 0.251 e. The molecule has 0 spiro atoms. The molecule has 2 aromatic carbocycles. The summed E-state index contributed by atoms with van der Waals surface area (Å²) in [6.45, 7) is 0.674. The second-order valence-corrected chi connectivity index (χ2v) is 9.23. The molecule has 2 saturated heterocycles. The molecule has 1 saturated carbocycles. The van der Waals surface area contributed by atoms with Crippen LogP contribution in [0.2, 0.25) is 0 Å². The van der Waals surface area contributed by atoms with E-state index in [1.54, 1.807) is 0 Å². The summed E-state index contributed by atoms with van der Waals surface area (Å²) in [6, 6.07) is 16.1. The first-order valence-electron chi connectivity index (χ1n) is 11.6. The van der Waals surface area contributed by atoms with Gasteiger partial charge in [0.05, 0.1) is 12.1 Å². The quantitative estimate of drug-likeness (QED) is 0.683. The maximum absolute atomic E-state index is 12.8. The van der Waals surface area contributed by atoms with Crippen LogP contribution in [0.15, 0.2) is 42.5 Å². The van der Waals surface area contributed by atoms with E-state index < -0.39 is 6.04 Å². The molecule has 6 heteroatoms. The number of benzene rings is 2. The monoisotopic (exact) mass is 428 g/mol. The van der Waals surface area contributed by atoms with Gasteiger partial charge in [-0.3, -0.25) is 9.59 Å². The summed E-state index contributed by atoms with van der Waals surface area (Å²) in [5.74, 6) is 0.344. The van der Waals surface area contributed by atoms with Crippen LogP contribution in [0.25, 0.3) is 11.1 Å². The summed E-state index contributed by atoms with van der Waals surface area (Å²) >= 11 is 0. The molecule has 3 heterocycles. The highest BCUT2D eigenvalue weighted by molar-refractivity contribution is 5.97. The molecular formula is C26H28N4O2. The number of hydrogen-bond acceptors (Lipinski definition) is 4. The largest absolute Gasteiger partial charge is 0.352 e. The van der Waals surface area contributed by atoms with Crippen molar-refractivity contribution in [2.75, 3.05) is 6.54 Å². The number of fused-ring (bicyclic) bond motifs is 4. The number of nitrogens with one attached hydrogen (secondary N) is 3. The van der Waals surface area contributed by atoms with Crippen molar-refractivity contribution in [2.45, 2.75) is 56.7 Å². The van der Waals surface area contributed by atoms with Gasteiger partial charge < -0.3 is 16.0 Å². The lowest BCUT2D eigenvalue weighted by Crippen LogP contribution is -2.59. The van der Waals surface area contributed by atoms with Crippen LogP contribution in [0.1, 0.15) is 47.2 Å². The number of nitriles is 1. The third kappa shape index (κ3) is 4.13. The minimum Gasteiger partial charge on any atom is -0.352 e. The molecular weight excluding hydrogens is 400 g/mol. The lowest BCUT2D eigenvalue weighted by molar-refractivity contribution is -0.127. The number of amides is 2. The Balaban J connectivity index is 1.23. The van der Waals surface area contributed by atoms with Gasteiger partial charge in [-0.2, -0.15) is 5.26 Å². The van der Waals surface area contributed by atoms with E-state index in [1.807, 2.05) is 36.4 Å². The minimum atomic E-state index is -0.544.